The lowest BCUT2D eigenvalue weighted by Gasteiger charge is -2.05. The van der Waals surface area contributed by atoms with Gasteiger partial charge < -0.3 is 4.74 Å². The van der Waals surface area contributed by atoms with Crippen molar-refractivity contribution >= 4 is 22.9 Å². The predicted octanol–water partition coefficient (Wildman–Crippen LogP) is 0.499. The second-order valence-electron chi connectivity index (χ2n) is 5.21. The minimum absolute atomic E-state index is 0.0512. The fourth-order valence-corrected chi connectivity index (χ4v) is 2.32. The molecule has 9 heteroatoms. The molecular weight excluding hydrogens is 326 g/mol. The Morgan fingerprint density at radius 2 is 1.96 bits per heavy atom. The predicted molar refractivity (Wildman–Crippen MR) is 87.2 cm³/mol. The number of Topliss-reactive ketones (excluding diaryl/α,β-unsaturated/α-hetero) is 1. The third-order valence-electron chi connectivity index (χ3n) is 3.42. The summed E-state index contributed by atoms with van der Waals surface area (Å²) in [6, 6.07) is 9.14. The number of fused-ring (bicyclic) bond motifs is 1. The zero-order chi connectivity index (χ0) is 17.8. The molecule has 0 spiro atoms. The Balaban J connectivity index is 1.88. The summed E-state index contributed by atoms with van der Waals surface area (Å²) in [5.74, 6) is -1.07. The Hall–Kier alpha value is -3.36. The van der Waals surface area contributed by atoms with Crippen molar-refractivity contribution in [2.24, 2.45) is 0 Å². The number of nitrogens with zero attached hydrogens (tertiary/aromatic N) is 5. The molecule has 1 aromatic carbocycles. The molecule has 0 N–H and O–H groups in total. The number of aromatic nitrogens is 5. The van der Waals surface area contributed by atoms with Crippen molar-refractivity contribution in [2.75, 3.05) is 6.61 Å². The van der Waals surface area contributed by atoms with Crippen LogP contribution in [0.3, 0.4) is 0 Å². The maximum Gasteiger partial charge on any atom is 0.313 e. The zero-order valence-electron chi connectivity index (χ0n) is 13.5. The second-order valence-corrected chi connectivity index (χ2v) is 5.21. The average Bonchev–Trinajstić information content (AvgIpc) is 3.03. The third kappa shape index (κ3) is 3.44. The van der Waals surface area contributed by atoms with E-state index in [2.05, 4.69) is 15.3 Å². The summed E-state index contributed by atoms with van der Waals surface area (Å²) < 4.78 is 7.27. The van der Waals surface area contributed by atoms with Crippen LogP contribution in [0.4, 0.5) is 0 Å². The normalized spacial score (nSPS) is 10.8. The van der Waals surface area contributed by atoms with E-state index < -0.39 is 23.7 Å². The van der Waals surface area contributed by atoms with Crippen LogP contribution < -0.4 is 5.56 Å². The quantitative estimate of drug-likeness (QED) is 0.474. The monoisotopic (exact) mass is 341 g/mol. The van der Waals surface area contributed by atoms with Crippen molar-refractivity contribution in [3.63, 3.8) is 0 Å². The van der Waals surface area contributed by atoms with Crippen LogP contribution >= 0.6 is 0 Å². The molecule has 0 atom stereocenters. The molecule has 0 radical (unpaired) electrons. The van der Waals surface area contributed by atoms with Gasteiger partial charge in [0.25, 0.3) is 5.56 Å². The second kappa shape index (κ2) is 7.04. The minimum Gasteiger partial charge on any atom is -0.466 e. The van der Waals surface area contributed by atoms with Gasteiger partial charge in [0, 0.05) is 0 Å². The molecule has 0 amide bonds. The number of hydrogen-bond donors (Lipinski definition) is 0. The van der Waals surface area contributed by atoms with Crippen molar-refractivity contribution in [1.82, 2.24) is 24.5 Å². The Morgan fingerprint density at radius 1 is 1.20 bits per heavy atom. The first kappa shape index (κ1) is 16.5. The summed E-state index contributed by atoms with van der Waals surface area (Å²) in [5, 5.41) is 7.82. The number of ketones is 1. The summed E-state index contributed by atoms with van der Waals surface area (Å²) in [7, 11) is 0. The molecule has 0 aliphatic heterocycles. The van der Waals surface area contributed by atoms with E-state index in [1.807, 2.05) is 30.3 Å². The molecule has 0 aliphatic rings. The fourth-order valence-electron chi connectivity index (χ4n) is 2.32. The van der Waals surface area contributed by atoms with Gasteiger partial charge in [-0.1, -0.05) is 23.4 Å². The van der Waals surface area contributed by atoms with Crippen LogP contribution in [0, 0.1) is 0 Å². The van der Waals surface area contributed by atoms with Crippen LogP contribution in [0.15, 0.2) is 41.5 Å². The number of para-hydroxylation sites is 1. The van der Waals surface area contributed by atoms with Crippen LogP contribution in [0.1, 0.15) is 13.3 Å². The largest absolute Gasteiger partial charge is 0.466 e. The Morgan fingerprint density at radius 3 is 2.68 bits per heavy atom. The van der Waals surface area contributed by atoms with Gasteiger partial charge in [-0.05, 0) is 19.1 Å². The fraction of sp³-hybridized carbons (Fsp3) is 0.250. The van der Waals surface area contributed by atoms with E-state index in [9.17, 15) is 14.4 Å². The molecule has 0 bridgehead atoms. The van der Waals surface area contributed by atoms with Crippen molar-refractivity contribution in [1.29, 1.82) is 0 Å². The van der Waals surface area contributed by atoms with Gasteiger partial charge in [-0.2, -0.15) is 4.68 Å². The highest BCUT2D eigenvalue weighted by Gasteiger charge is 2.16. The summed E-state index contributed by atoms with van der Waals surface area (Å²) in [5.41, 5.74) is 0.568. The molecule has 25 heavy (non-hydrogen) atoms. The van der Waals surface area contributed by atoms with Crippen molar-refractivity contribution in [3.05, 3.63) is 47.0 Å². The Bertz CT molecular complexity index is 977. The summed E-state index contributed by atoms with van der Waals surface area (Å²) >= 11 is 0. The standard InChI is InChI=1S/C16H15N5O4/c1-2-25-13(23)8-12(22)9-20-10-17-15-14(16(20)24)18-19-21(15)11-6-4-3-5-7-11/h3-7,10H,2,8-9H2,1H3. The number of carbonyl (C=O) groups excluding carboxylic acids is 2. The smallest absolute Gasteiger partial charge is 0.313 e. The average molecular weight is 341 g/mol. The molecular formula is C16H15N5O4. The molecule has 9 nitrogen and oxygen atoms in total. The van der Waals surface area contributed by atoms with E-state index in [4.69, 9.17) is 4.74 Å². The summed E-state index contributed by atoms with van der Waals surface area (Å²) in [4.78, 5) is 39.9. The molecule has 3 rings (SSSR count). The van der Waals surface area contributed by atoms with Gasteiger partial charge in [0.05, 0.1) is 18.8 Å². The first-order valence-electron chi connectivity index (χ1n) is 7.63. The lowest BCUT2D eigenvalue weighted by Crippen LogP contribution is -2.26. The van der Waals surface area contributed by atoms with Gasteiger partial charge in [-0.3, -0.25) is 19.0 Å². The summed E-state index contributed by atoms with van der Waals surface area (Å²) in [6.07, 6.45) is 0.853. The molecule has 2 heterocycles. The van der Waals surface area contributed by atoms with Crippen molar-refractivity contribution < 1.29 is 14.3 Å². The Kier molecular flexibility index (Phi) is 4.64. The van der Waals surface area contributed by atoms with E-state index in [0.29, 0.717) is 11.3 Å². The topological polar surface area (TPSA) is 109 Å². The van der Waals surface area contributed by atoms with E-state index in [-0.39, 0.29) is 18.7 Å². The van der Waals surface area contributed by atoms with Crippen LogP contribution in [-0.2, 0) is 20.9 Å². The molecule has 3 aromatic rings. The van der Waals surface area contributed by atoms with Gasteiger partial charge in [0.2, 0.25) is 0 Å². The number of benzene rings is 1. The molecule has 128 valence electrons. The molecule has 0 aliphatic carbocycles. The number of ether oxygens (including phenoxy) is 1. The zero-order valence-corrected chi connectivity index (χ0v) is 13.5. The number of hydrogen-bond acceptors (Lipinski definition) is 7. The first-order valence-corrected chi connectivity index (χ1v) is 7.63. The van der Waals surface area contributed by atoms with E-state index in [0.717, 1.165) is 4.57 Å². The van der Waals surface area contributed by atoms with Gasteiger partial charge in [-0.25, -0.2) is 4.98 Å². The van der Waals surface area contributed by atoms with Crippen molar-refractivity contribution in [3.8, 4) is 5.69 Å². The molecule has 0 saturated carbocycles. The Labute approximate surface area is 141 Å². The lowest BCUT2D eigenvalue weighted by molar-refractivity contribution is -0.145. The van der Waals surface area contributed by atoms with Crippen LogP contribution in [0.5, 0.6) is 0 Å². The van der Waals surface area contributed by atoms with Crippen molar-refractivity contribution in [2.45, 2.75) is 19.9 Å². The van der Waals surface area contributed by atoms with Gasteiger partial charge in [-0.15, -0.1) is 5.10 Å². The molecule has 0 saturated heterocycles. The third-order valence-corrected chi connectivity index (χ3v) is 3.42. The molecule has 2 aromatic heterocycles. The molecule has 0 unspecified atom stereocenters. The summed E-state index contributed by atoms with van der Waals surface area (Å²) in [6.45, 7) is 1.57. The van der Waals surface area contributed by atoms with E-state index in [1.165, 1.54) is 11.0 Å². The van der Waals surface area contributed by atoms with Crippen LogP contribution in [-0.4, -0.2) is 42.9 Å². The van der Waals surface area contributed by atoms with E-state index >= 15 is 0 Å². The van der Waals surface area contributed by atoms with Gasteiger partial charge >= 0.3 is 5.97 Å². The lowest BCUT2D eigenvalue weighted by atomic mass is 10.3. The van der Waals surface area contributed by atoms with Gasteiger partial charge in [0.1, 0.15) is 12.7 Å². The number of esters is 1. The highest BCUT2D eigenvalue weighted by molar-refractivity contribution is 5.95. The highest BCUT2D eigenvalue weighted by atomic mass is 16.5. The minimum atomic E-state index is -0.621. The van der Waals surface area contributed by atoms with Gasteiger partial charge in [0.15, 0.2) is 16.9 Å². The highest BCUT2D eigenvalue weighted by Crippen LogP contribution is 2.10. The number of carbonyl (C=O) groups is 2. The SMILES string of the molecule is CCOC(=O)CC(=O)Cn1cnc2c(nnn2-c2ccccc2)c1=O. The number of rotatable bonds is 6. The molecule has 0 fully saturated rings. The first-order chi connectivity index (χ1) is 12.1. The van der Waals surface area contributed by atoms with E-state index in [1.54, 1.807) is 6.92 Å². The van der Waals surface area contributed by atoms with Crippen LogP contribution in [0.2, 0.25) is 0 Å². The maximum absolute atomic E-state index is 12.5. The maximum atomic E-state index is 12.5. The van der Waals surface area contributed by atoms with Crippen LogP contribution in [0.25, 0.3) is 16.9 Å².